The van der Waals surface area contributed by atoms with Gasteiger partial charge < -0.3 is 4.74 Å². The molecule has 0 atom stereocenters. The zero-order chi connectivity index (χ0) is 12.1. The number of aryl methyl sites for hydroxylation is 1. The number of carbonyl (C=O) groups excluding carboxylic acids is 1. The summed E-state index contributed by atoms with van der Waals surface area (Å²) in [5.41, 5.74) is 2.01. The van der Waals surface area contributed by atoms with Crippen LogP contribution < -0.4 is 0 Å². The van der Waals surface area contributed by atoms with Crippen molar-refractivity contribution in [2.24, 2.45) is 0 Å². The highest BCUT2D eigenvalue weighted by Crippen LogP contribution is 2.04. The lowest BCUT2D eigenvalue weighted by Gasteiger charge is -2.04. The maximum atomic E-state index is 11.4. The van der Waals surface area contributed by atoms with Crippen LogP contribution in [0.4, 0.5) is 0 Å². The first-order chi connectivity index (χ1) is 8.27. The van der Waals surface area contributed by atoms with Gasteiger partial charge in [0, 0.05) is 18.3 Å². The SMILES string of the molecule is Cc1cccnc1CCOC(=O)c1nc[nH]n1. The summed E-state index contributed by atoms with van der Waals surface area (Å²) < 4.78 is 5.02. The lowest BCUT2D eigenvalue weighted by Crippen LogP contribution is -2.10. The van der Waals surface area contributed by atoms with Gasteiger partial charge in [0.15, 0.2) is 0 Å². The van der Waals surface area contributed by atoms with Crippen LogP contribution in [0.25, 0.3) is 0 Å². The van der Waals surface area contributed by atoms with Gasteiger partial charge in [-0.2, -0.15) is 0 Å². The van der Waals surface area contributed by atoms with E-state index in [1.165, 1.54) is 6.33 Å². The molecule has 0 aliphatic rings. The molecule has 0 spiro atoms. The summed E-state index contributed by atoms with van der Waals surface area (Å²) in [4.78, 5) is 19.3. The number of rotatable bonds is 4. The van der Waals surface area contributed by atoms with Crippen LogP contribution >= 0.6 is 0 Å². The van der Waals surface area contributed by atoms with Crippen molar-refractivity contribution < 1.29 is 9.53 Å². The third-order valence-electron chi connectivity index (χ3n) is 2.29. The van der Waals surface area contributed by atoms with Crippen molar-refractivity contribution in [2.45, 2.75) is 13.3 Å². The second-order valence-electron chi connectivity index (χ2n) is 3.48. The summed E-state index contributed by atoms with van der Waals surface area (Å²) in [7, 11) is 0. The Morgan fingerprint density at radius 3 is 3.06 bits per heavy atom. The number of pyridine rings is 1. The minimum atomic E-state index is -0.528. The zero-order valence-corrected chi connectivity index (χ0v) is 9.38. The summed E-state index contributed by atoms with van der Waals surface area (Å²) >= 11 is 0. The minimum absolute atomic E-state index is 0.0442. The number of esters is 1. The number of aromatic amines is 1. The predicted molar refractivity (Wildman–Crippen MR) is 59.3 cm³/mol. The van der Waals surface area contributed by atoms with Crippen LogP contribution in [0.15, 0.2) is 24.7 Å². The molecule has 0 fully saturated rings. The smallest absolute Gasteiger partial charge is 0.378 e. The number of hydrogen-bond acceptors (Lipinski definition) is 5. The number of hydrogen-bond donors (Lipinski definition) is 1. The zero-order valence-electron chi connectivity index (χ0n) is 9.38. The molecule has 0 aliphatic heterocycles. The second kappa shape index (κ2) is 5.20. The Bertz CT molecular complexity index is 496. The molecule has 0 saturated heterocycles. The first-order valence-corrected chi connectivity index (χ1v) is 5.21. The van der Waals surface area contributed by atoms with E-state index in [1.54, 1.807) is 6.20 Å². The average molecular weight is 232 g/mol. The van der Waals surface area contributed by atoms with Gasteiger partial charge in [-0.1, -0.05) is 6.07 Å². The van der Waals surface area contributed by atoms with Crippen molar-refractivity contribution in [2.75, 3.05) is 6.61 Å². The van der Waals surface area contributed by atoms with E-state index in [0.29, 0.717) is 6.42 Å². The highest BCUT2D eigenvalue weighted by molar-refractivity contribution is 5.84. The summed E-state index contributed by atoms with van der Waals surface area (Å²) in [5.74, 6) is -0.484. The fraction of sp³-hybridized carbons (Fsp3) is 0.273. The Morgan fingerprint density at radius 1 is 1.47 bits per heavy atom. The molecule has 0 bridgehead atoms. The summed E-state index contributed by atoms with van der Waals surface area (Å²) in [6.07, 6.45) is 3.64. The predicted octanol–water partition coefficient (Wildman–Crippen LogP) is 0.908. The Kier molecular flexibility index (Phi) is 3.44. The third-order valence-corrected chi connectivity index (χ3v) is 2.29. The van der Waals surface area contributed by atoms with E-state index < -0.39 is 5.97 Å². The van der Waals surface area contributed by atoms with Crippen LogP contribution in [0, 0.1) is 6.92 Å². The van der Waals surface area contributed by atoms with Crippen LogP contribution in [0.5, 0.6) is 0 Å². The summed E-state index contributed by atoms with van der Waals surface area (Å²) in [5, 5.41) is 6.09. The largest absolute Gasteiger partial charge is 0.459 e. The lowest BCUT2D eigenvalue weighted by atomic mass is 10.2. The van der Waals surface area contributed by atoms with Crippen molar-refractivity contribution in [1.82, 2.24) is 20.2 Å². The highest BCUT2D eigenvalue weighted by Gasteiger charge is 2.11. The molecule has 0 unspecified atom stereocenters. The van der Waals surface area contributed by atoms with Gasteiger partial charge in [-0.15, -0.1) is 5.10 Å². The van der Waals surface area contributed by atoms with Crippen molar-refractivity contribution in [3.05, 3.63) is 41.7 Å². The molecule has 2 aromatic heterocycles. The van der Waals surface area contributed by atoms with E-state index in [2.05, 4.69) is 20.2 Å². The van der Waals surface area contributed by atoms with Gasteiger partial charge in [-0.3, -0.25) is 10.1 Å². The summed E-state index contributed by atoms with van der Waals surface area (Å²) in [6.45, 7) is 2.24. The van der Waals surface area contributed by atoms with Crippen LogP contribution in [0.3, 0.4) is 0 Å². The number of aromatic nitrogens is 4. The molecule has 6 heteroatoms. The number of nitrogens with zero attached hydrogens (tertiary/aromatic N) is 3. The third kappa shape index (κ3) is 2.87. The van der Waals surface area contributed by atoms with E-state index in [1.807, 2.05) is 19.1 Å². The van der Waals surface area contributed by atoms with Crippen molar-refractivity contribution >= 4 is 5.97 Å². The molecule has 2 aromatic rings. The standard InChI is InChI=1S/C11H12N4O2/c1-8-3-2-5-12-9(8)4-6-17-11(16)10-13-7-14-15-10/h2-3,5,7H,4,6H2,1H3,(H,13,14,15). The van der Waals surface area contributed by atoms with Gasteiger partial charge >= 0.3 is 5.97 Å². The Hall–Kier alpha value is -2.24. The van der Waals surface area contributed by atoms with Crippen LogP contribution in [-0.4, -0.2) is 32.7 Å². The topological polar surface area (TPSA) is 80.8 Å². The molecule has 1 N–H and O–H groups in total. The molecule has 2 rings (SSSR count). The van der Waals surface area contributed by atoms with Gasteiger partial charge in [0.05, 0.1) is 6.61 Å². The number of nitrogens with one attached hydrogen (secondary N) is 1. The van der Waals surface area contributed by atoms with Gasteiger partial charge in [-0.25, -0.2) is 9.78 Å². The van der Waals surface area contributed by atoms with E-state index in [0.717, 1.165) is 11.3 Å². The van der Waals surface area contributed by atoms with Crippen LogP contribution in [0.2, 0.25) is 0 Å². The second-order valence-corrected chi connectivity index (χ2v) is 3.48. The molecule has 0 saturated carbocycles. The fourth-order valence-electron chi connectivity index (χ4n) is 1.39. The summed E-state index contributed by atoms with van der Waals surface area (Å²) in [6, 6.07) is 3.85. The van der Waals surface area contributed by atoms with Gasteiger partial charge in [0.2, 0.25) is 0 Å². The van der Waals surface area contributed by atoms with Crippen molar-refractivity contribution in [3.8, 4) is 0 Å². The van der Waals surface area contributed by atoms with Crippen molar-refractivity contribution in [3.63, 3.8) is 0 Å². The van der Waals surface area contributed by atoms with Gasteiger partial charge in [0.1, 0.15) is 6.33 Å². The van der Waals surface area contributed by atoms with Crippen molar-refractivity contribution in [1.29, 1.82) is 0 Å². The average Bonchev–Trinajstić information content (AvgIpc) is 2.85. The van der Waals surface area contributed by atoms with Crippen LogP contribution in [-0.2, 0) is 11.2 Å². The number of H-pyrrole nitrogens is 1. The molecule has 6 nitrogen and oxygen atoms in total. The molecule has 2 heterocycles. The lowest BCUT2D eigenvalue weighted by molar-refractivity contribution is 0.0494. The van der Waals surface area contributed by atoms with Crippen LogP contribution in [0.1, 0.15) is 21.9 Å². The minimum Gasteiger partial charge on any atom is -0.459 e. The quantitative estimate of drug-likeness (QED) is 0.792. The molecule has 0 radical (unpaired) electrons. The van der Waals surface area contributed by atoms with Gasteiger partial charge in [0.25, 0.3) is 5.82 Å². The van der Waals surface area contributed by atoms with E-state index in [9.17, 15) is 4.79 Å². The highest BCUT2D eigenvalue weighted by atomic mass is 16.5. The Labute approximate surface area is 98.1 Å². The molecular formula is C11H12N4O2. The first kappa shape index (κ1) is 11.3. The van der Waals surface area contributed by atoms with E-state index >= 15 is 0 Å². The molecular weight excluding hydrogens is 220 g/mol. The van der Waals surface area contributed by atoms with E-state index in [-0.39, 0.29) is 12.4 Å². The first-order valence-electron chi connectivity index (χ1n) is 5.21. The molecule has 0 amide bonds. The molecule has 0 aliphatic carbocycles. The molecule has 88 valence electrons. The van der Waals surface area contributed by atoms with E-state index in [4.69, 9.17) is 4.74 Å². The van der Waals surface area contributed by atoms with Gasteiger partial charge in [-0.05, 0) is 18.6 Å². The number of carbonyl (C=O) groups is 1. The monoisotopic (exact) mass is 232 g/mol. The molecule has 0 aromatic carbocycles. The normalized spacial score (nSPS) is 10.2. The fourth-order valence-corrected chi connectivity index (χ4v) is 1.39. The molecule has 17 heavy (non-hydrogen) atoms. The Morgan fingerprint density at radius 2 is 2.35 bits per heavy atom. The number of ether oxygens (including phenoxy) is 1. The maximum Gasteiger partial charge on any atom is 0.378 e. The Balaban J connectivity index is 1.84. The maximum absolute atomic E-state index is 11.4.